The predicted octanol–water partition coefficient (Wildman–Crippen LogP) is 2.97. The molecule has 144 valence electrons. The van der Waals surface area contributed by atoms with E-state index < -0.39 is 23.6 Å². The van der Waals surface area contributed by atoms with Crippen molar-refractivity contribution in [1.29, 1.82) is 0 Å². The Bertz CT molecular complexity index is 777. The van der Waals surface area contributed by atoms with Crippen molar-refractivity contribution in [2.45, 2.75) is 12.5 Å². The third kappa shape index (κ3) is 5.32. The Kier molecular flexibility index (Phi) is 6.49. The number of hydrogen-bond donors (Lipinski definition) is 2. The molecule has 1 fully saturated rings. The molecule has 0 aromatic heterocycles. The molecule has 27 heavy (non-hydrogen) atoms. The number of carbonyl (C=O) groups excluding carboxylic acids is 1. The van der Waals surface area contributed by atoms with Crippen LogP contribution in [0.25, 0.3) is 0 Å². The van der Waals surface area contributed by atoms with Gasteiger partial charge in [0, 0.05) is 30.9 Å². The molecule has 1 atom stereocenters. The third-order valence-electron chi connectivity index (χ3n) is 4.56. The second-order valence-corrected chi connectivity index (χ2v) is 6.46. The van der Waals surface area contributed by atoms with Crippen LogP contribution < -0.4 is 5.32 Å². The maximum atomic E-state index is 13.2. The number of carbonyl (C=O) groups is 1. The van der Waals surface area contributed by atoms with Crippen molar-refractivity contribution in [3.8, 4) is 0 Å². The van der Waals surface area contributed by atoms with Gasteiger partial charge in [0.15, 0.2) is 11.6 Å². The largest absolute Gasteiger partial charge is 0.388 e. The molecule has 1 heterocycles. The molecule has 5 nitrogen and oxygen atoms in total. The lowest BCUT2D eigenvalue weighted by Crippen LogP contribution is -2.37. The highest BCUT2D eigenvalue weighted by Crippen LogP contribution is 2.20. The van der Waals surface area contributed by atoms with E-state index in [0.29, 0.717) is 12.1 Å². The van der Waals surface area contributed by atoms with Crippen LogP contribution >= 0.6 is 0 Å². The molecule has 1 amide bonds. The van der Waals surface area contributed by atoms with Crippen LogP contribution in [-0.2, 0) is 4.74 Å². The highest BCUT2D eigenvalue weighted by molar-refractivity contribution is 6.04. The zero-order chi connectivity index (χ0) is 19.2. The molecule has 1 aliphatic rings. The number of amides is 1. The van der Waals surface area contributed by atoms with Crippen molar-refractivity contribution in [2.24, 2.45) is 0 Å². The third-order valence-corrected chi connectivity index (χ3v) is 4.56. The fraction of sp³-hybridized carbons (Fsp3) is 0.350. The molecule has 0 saturated carbocycles. The molecule has 2 aromatic carbocycles. The molecule has 2 aromatic rings. The van der Waals surface area contributed by atoms with Crippen LogP contribution in [-0.4, -0.2) is 48.8 Å². The number of ether oxygens (including phenoxy) is 1. The average molecular weight is 376 g/mol. The van der Waals surface area contributed by atoms with Gasteiger partial charge in [0.1, 0.15) is 0 Å². The summed E-state index contributed by atoms with van der Waals surface area (Å²) in [6, 6.07) is 9.82. The molecule has 1 saturated heterocycles. The summed E-state index contributed by atoms with van der Waals surface area (Å²) in [6.07, 6.45) is 0.0180. The number of hydrogen-bond acceptors (Lipinski definition) is 4. The van der Waals surface area contributed by atoms with Gasteiger partial charge in [-0.2, -0.15) is 0 Å². The van der Waals surface area contributed by atoms with E-state index in [-0.39, 0.29) is 5.56 Å². The molecule has 0 radical (unpaired) electrons. The van der Waals surface area contributed by atoms with E-state index in [4.69, 9.17) is 4.74 Å². The first-order valence-corrected chi connectivity index (χ1v) is 8.87. The maximum Gasteiger partial charge on any atom is 0.255 e. The number of nitrogens with zero attached hydrogens (tertiary/aromatic N) is 1. The van der Waals surface area contributed by atoms with Gasteiger partial charge in [-0.25, -0.2) is 8.78 Å². The molecule has 7 heteroatoms. The maximum absolute atomic E-state index is 13.2. The summed E-state index contributed by atoms with van der Waals surface area (Å²) >= 11 is 0. The van der Waals surface area contributed by atoms with Gasteiger partial charge in [-0.3, -0.25) is 9.69 Å². The van der Waals surface area contributed by atoms with Gasteiger partial charge in [-0.1, -0.05) is 12.1 Å². The average Bonchev–Trinajstić information content (AvgIpc) is 2.69. The van der Waals surface area contributed by atoms with Gasteiger partial charge in [-0.15, -0.1) is 0 Å². The standard InChI is InChI=1S/C20H22F2N2O3/c21-17-6-3-15(13-18(17)22)20(26)23-16-4-1-14(2-5-16)19(25)7-8-24-9-11-27-12-10-24/h1-6,13,19,25H,7-12H2,(H,23,26). The number of halogens is 2. The molecule has 0 spiro atoms. The smallest absolute Gasteiger partial charge is 0.255 e. The number of aliphatic hydroxyl groups excluding tert-OH is 1. The van der Waals surface area contributed by atoms with Gasteiger partial charge >= 0.3 is 0 Å². The number of morpholine rings is 1. The number of benzene rings is 2. The minimum Gasteiger partial charge on any atom is -0.388 e. The molecule has 0 bridgehead atoms. The summed E-state index contributed by atoms with van der Waals surface area (Å²) < 4.78 is 31.5. The van der Waals surface area contributed by atoms with Crippen LogP contribution in [0.5, 0.6) is 0 Å². The number of nitrogens with one attached hydrogen (secondary N) is 1. The number of rotatable bonds is 6. The zero-order valence-corrected chi connectivity index (χ0v) is 14.8. The van der Waals surface area contributed by atoms with Crippen LogP contribution in [0.15, 0.2) is 42.5 Å². The Morgan fingerprint density at radius 2 is 1.81 bits per heavy atom. The molecule has 1 aliphatic heterocycles. The minimum atomic E-state index is -1.07. The summed E-state index contributed by atoms with van der Waals surface area (Å²) in [7, 11) is 0. The molecule has 0 aliphatic carbocycles. The van der Waals surface area contributed by atoms with Crippen molar-refractivity contribution in [2.75, 3.05) is 38.2 Å². The van der Waals surface area contributed by atoms with Crippen LogP contribution in [0.4, 0.5) is 14.5 Å². The highest BCUT2D eigenvalue weighted by atomic mass is 19.2. The summed E-state index contributed by atoms with van der Waals surface area (Å²) in [6.45, 7) is 3.99. The number of anilines is 1. The molecular formula is C20H22F2N2O3. The van der Waals surface area contributed by atoms with Crippen molar-refractivity contribution in [3.63, 3.8) is 0 Å². The Hall–Kier alpha value is -2.35. The van der Waals surface area contributed by atoms with Crippen LogP contribution in [0.2, 0.25) is 0 Å². The van der Waals surface area contributed by atoms with Gasteiger partial charge in [0.05, 0.1) is 19.3 Å². The quantitative estimate of drug-likeness (QED) is 0.814. The first-order chi connectivity index (χ1) is 13.0. The Labute approximate surface area is 156 Å². The van der Waals surface area contributed by atoms with Crippen molar-refractivity contribution >= 4 is 11.6 Å². The van der Waals surface area contributed by atoms with E-state index in [0.717, 1.165) is 50.5 Å². The minimum absolute atomic E-state index is 0.0310. The molecule has 2 N–H and O–H groups in total. The fourth-order valence-corrected chi connectivity index (χ4v) is 2.93. The lowest BCUT2D eigenvalue weighted by molar-refractivity contribution is 0.0300. The van der Waals surface area contributed by atoms with E-state index in [2.05, 4.69) is 10.2 Å². The second-order valence-electron chi connectivity index (χ2n) is 6.46. The lowest BCUT2D eigenvalue weighted by Gasteiger charge is -2.27. The first kappa shape index (κ1) is 19.4. The summed E-state index contributed by atoms with van der Waals surface area (Å²) in [5, 5.41) is 13.0. The normalized spacial score (nSPS) is 16.1. The second kappa shape index (κ2) is 9.03. The highest BCUT2D eigenvalue weighted by Gasteiger charge is 2.14. The Morgan fingerprint density at radius 1 is 1.11 bits per heavy atom. The van der Waals surface area contributed by atoms with E-state index in [1.165, 1.54) is 6.07 Å². The van der Waals surface area contributed by atoms with E-state index in [1.54, 1.807) is 24.3 Å². The van der Waals surface area contributed by atoms with Gasteiger partial charge in [-0.05, 0) is 42.3 Å². The lowest BCUT2D eigenvalue weighted by atomic mass is 10.1. The fourth-order valence-electron chi connectivity index (χ4n) is 2.93. The summed E-state index contributed by atoms with van der Waals surface area (Å²) in [4.78, 5) is 14.4. The van der Waals surface area contributed by atoms with Crippen molar-refractivity contribution < 1.29 is 23.4 Å². The number of aliphatic hydroxyl groups is 1. The van der Waals surface area contributed by atoms with E-state index in [9.17, 15) is 18.7 Å². The molecule has 1 unspecified atom stereocenters. The molecule has 3 rings (SSSR count). The van der Waals surface area contributed by atoms with E-state index >= 15 is 0 Å². The summed E-state index contributed by atoms with van der Waals surface area (Å²) in [5.41, 5.74) is 1.30. The SMILES string of the molecule is O=C(Nc1ccc(C(O)CCN2CCOCC2)cc1)c1ccc(F)c(F)c1. The van der Waals surface area contributed by atoms with Crippen molar-refractivity contribution in [1.82, 2.24) is 4.90 Å². The Balaban J connectivity index is 1.54. The Morgan fingerprint density at radius 3 is 2.48 bits per heavy atom. The van der Waals surface area contributed by atoms with Crippen LogP contribution in [0.1, 0.15) is 28.4 Å². The molecular weight excluding hydrogens is 354 g/mol. The monoisotopic (exact) mass is 376 g/mol. The van der Waals surface area contributed by atoms with Crippen LogP contribution in [0, 0.1) is 11.6 Å². The first-order valence-electron chi connectivity index (χ1n) is 8.87. The van der Waals surface area contributed by atoms with Crippen LogP contribution in [0.3, 0.4) is 0 Å². The predicted molar refractivity (Wildman–Crippen MR) is 97.6 cm³/mol. The van der Waals surface area contributed by atoms with Gasteiger partial charge < -0.3 is 15.2 Å². The summed E-state index contributed by atoms with van der Waals surface area (Å²) in [5.74, 6) is -2.60. The van der Waals surface area contributed by atoms with Crippen molar-refractivity contribution in [3.05, 3.63) is 65.2 Å². The topological polar surface area (TPSA) is 61.8 Å². The van der Waals surface area contributed by atoms with Gasteiger partial charge in [0.25, 0.3) is 5.91 Å². The zero-order valence-electron chi connectivity index (χ0n) is 14.8. The van der Waals surface area contributed by atoms with Gasteiger partial charge in [0.2, 0.25) is 0 Å². The van der Waals surface area contributed by atoms with E-state index in [1.807, 2.05) is 0 Å².